The van der Waals surface area contributed by atoms with Gasteiger partial charge in [0.15, 0.2) is 0 Å². The van der Waals surface area contributed by atoms with Gasteiger partial charge in [-0.2, -0.15) is 0 Å². The highest BCUT2D eigenvalue weighted by molar-refractivity contribution is 7.10. The fourth-order valence-corrected chi connectivity index (χ4v) is 4.10. The van der Waals surface area contributed by atoms with E-state index in [1.54, 1.807) is 18.4 Å². The van der Waals surface area contributed by atoms with Gasteiger partial charge in [-0.1, -0.05) is 6.07 Å². The summed E-state index contributed by atoms with van der Waals surface area (Å²) in [6.07, 6.45) is 2.09. The zero-order chi connectivity index (χ0) is 16.5. The molecule has 4 nitrogen and oxygen atoms in total. The number of rotatable bonds is 3. The van der Waals surface area contributed by atoms with E-state index in [0.717, 1.165) is 12.3 Å². The Morgan fingerprint density at radius 2 is 1.96 bits per heavy atom. The van der Waals surface area contributed by atoms with Crippen molar-refractivity contribution in [2.24, 2.45) is 0 Å². The lowest BCUT2D eigenvalue weighted by atomic mass is 10.1. The molecule has 1 aliphatic heterocycles. The number of hydrogen-bond acceptors (Lipinski definition) is 3. The molecule has 1 amide bonds. The Balaban J connectivity index is 1.71. The number of aromatic nitrogens is 1. The van der Waals surface area contributed by atoms with Gasteiger partial charge < -0.3 is 14.2 Å². The average molecular weight is 338 g/mol. The van der Waals surface area contributed by atoms with Gasteiger partial charge in [-0.15, -0.1) is 11.3 Å². The monoisotopic (exact) mass is 338 g/mol. The van der Waals surface area contributed by atoms with Crippen LogP contribution < -0.4 is 4.74 Å². The lowest BCUT2D eigenvalue weighted by Gasteiger charge is -2.36. The number of methoxy groups -OCH3 is 1. The molecule has 4 rings (SSSR count). The molecule has 1 aromatic carbocycles. The number of carbonyl (C=O) groups is 1. The summed E-state index contributed by atoms with van der Waals surface area (Å²) >= 11 is 1.69. The molecule has 0 fully saturated rings. The summed E-state index contributed by atoms with van der Waals surface area (Å²) in [7, 11) is 1.63. The van der Waals surface area contributed by atoms with Crippen LogP contribution >= 0.6 is 11.3 Å². The summed E-state index contributed by atoms with van der Waals surface area (Å²) in [6.45, 7) is 1.53. The number of benzene rings is 1. The van der Waals surface area contributed by atoms with Crippen molar-refractivity contribution in [1.82, 2.24) is 9.47 Å². The standard InChI is InChI=1S/C19H18N2O2S/c1-23-15-8-6-14(7-9-15)19(22)21-12-11-20-10-2-4-16(20)18(21)17-5-3-13-24-17/h2-10,13,18H,11-12H2,1H3/t18-/m0/s1. The maximum absolute atomic E-state index is 13.1. The molecule has 0 bridgehead atoms. The highest BCUT2D eigenvalue weighted by atomic mass is 32.1. The fraction of sp³-hybridized carbons (Fsp3) is 0.211. The molecule has 3 aromatic rings. The van der Waals surface area contributed by atoms with E-state index in [1.165, 1.54) is 10.6 Å². The van der Waals surface area contributed by atoms with Gasteiger partial charge in [0.25, 0.3) is 5.91 Å². The Bertz CT molecular complexity index is 837. The van der Waals surface area contributed by atoms with Crippen molar-refractivity contribution in [3.8, 4) is 5.75 Å². The van der Waals surface area contributed by atoms with E-state index in [1.807, 2.05) is 35.2 Å². The Labute approximate surface area is 144 Å². The fourth-order valence-electron chi connectivity index (χ4n) is 3.25. The van der Waals surface area contributed by atoms with Crippen LogP contribution in [0.1, 0.15) is 27.0 Å². The zero-order valence-electron chi connectivity index (χ0n) is 13.4. The van der Waals surface area contributed by atoms with Crippen LogP contribution in [0.3, 0.4) is 0 Å². The number of fused-ring (bicyclic) bond motifs is 1. The first kappa shape index (κ1) is 15.0. The van der Waals surface area contributed by atoms with Gasteiger partial charge in [0.1, 0.15) is 11.8 Å². The van der Waals surface area contributed by atoms with Crippen LogP contribution in [0.5, 0.6) is 5.75 Å². The molecule has 0 saturated heterocycles. The van der Waals surface area contributed by atoms with Crippen LogP contribution in [0.2, 0.25) is 0 Å². The van der Waals surface area contributed by atoms with Crippen LogP contribution in [0, 0.1) is 0 Å². The van der Waals surface area contributed by atoms with Crippen LogP contribution in [0.25, 0.3) is 0 Å². The largest absolute Gasteiger partial charge is 0.497 e. The maximum Gasteiger partial charge on any atom is 0.254 e. The number of thiophene rings is 1. The van der Waals surface area contributed by atoms with Crippen LogP contribution in [0.15, 0.2) is 60.1 Å². The molecular weight excluding hydrogens is 320 g/mol. The number of nitrogens with zero attached hydrogens (tertiary/aromatic N) is 2. The van der Waals surface area contributed by atoms with Gasteiger partial charge in [0.05, 0.1) is 7.11 Å². The van der Waals surface area contributed by atoms with Crippen molar-refractivity contribution < 1.29 is 9.53 Å². The second-order valence-corrected chi connectivity index (χ2v) is 6.75. The summed E-state index contributed by atoms with van der Waals surface area (Å²) in [4.78, 5) is 16.3. The lowest BCUT2D eigenvalue weighted by Crippen LogP contribution is -2.42. The molecule has 1 aliphatic rings. The summed E-state index contributed by atoms with van der Waals surface area (Å²) in [5.41, 5.74) is 1.86. The summed E-state index contributed by atoms with van der Waals surface area (Å²) < 4.78 is 7.42. The van der Waals surface area contributed by atoms with Crippen molar-refractivity contribution in [3.63, 3.8) is 0 Å². The topological polar surface area (TPSA) is 34.5 Å². The minimum atomic E-state index is -0.0247. The molecule has 0 unspecified atom stereocenters. The minimum absolute atomic E-state index is 0.0247. The first-order valence-corrected chi connectivity index (χ1v) is 8.79. The van der Waals surface area contributed by atoms with Crippen LogP contribution in [-0.4, -0.2) is 29.0 Å². The zero-order valence-corrected chi connectivity index (χ0v) is 14.2. The summed E-state index contributed by atoms with van der Waals surface area (Å²) in [5, 5.41) is 2.06. The van der Waals surface area contributed by atoms with Crippen molar-refractivity contribution >= 4 is 17.2 Å². The van der Waals surface area contributed by atoms with Crippen molar-refractivity contribution in [2.45, 2.75) is 12.6 Å². The lowest BCUT2D eigenvalue weighted by molar-refractivity contribution is 0.0667. The average Bonchev–Trinajstić information content (AvgIpc) is 3.31. The van der Waals surface area contributed by atoms with Crippen molar-refractivity contribution in [3.05, 3.63) is 76.2 Å². The molecule has 0 spiro atoms. The predicted molar refractivity (Wildman–Crippen MR) is 94.6 cm³/mol. The number of carbonyl (C=O) groups excluding carboxylic acids is 1. The van der Waals surface area contributed by atoms with E-state index in [2.05, 4.69) is 34.3 Å². The Morgan fingerprint density at radius 1 is 1.12 bits per heavy atom. The summed E-state index contributed by atoms with van der Waals surface area (Å²) in [6, 6.07) is 15.6. The third-order valence-corrected chi connectivity index (χ3v) is 5.37. The van der Waals surface area contributed by atoms with E-state index in [4.69, 9.17) is 4.74 Å². The van der Waals surface area contributed by atoms with Gasteiger partial charge in [-0.3, -0.25) is 4.79 Å². The molecule has 0 N–H and O–H groups in total. The second kappa shape index (κ2) is 6.17. The van der Waals surface area contributed by atoms with Crippen LogP contribution in [0.4, 0.5) is 0 Å². The molecule has 3 heterocycles. The van der Waals surface area contributed by atoms with Gasteiger partial charge >= 0.3 is 0 Å². The summed E-state index contributed by atoms with van der Waals surface area (Å²) in [5.74, 6) is 0.817. The number of amides is 1. The normalized spacial score (nSPS) is 16.7. The van der Waals surface area contributed by atoms with E-state index in [9.17, 15) is 4.79 Å². The Kier molecular flexibility index (Phi) is 3.86. The molecule has 122 valence electrons. The van der Waals surface area contributed by atoms with Crippen molar-refractivity contribution in [2.75, 3.05) is 13.7 Å². The molecular formula is C19H18N2O2S. The Morgan fingerprint density at radius 3 is 2.67 bits per heavy atom. The number of hydrogen-bond donors (Lipinski definition) is 0. The SMILES string of the molecule is COc1ccc(C(=O)N2CCn3cccc3[C@H]2c2cccs2)cc1. The Hall–Kier alpha value is -2.53. The highest BCUT2D eigenvalue weighted by Gasteiger charge is 2.33. The van der Waals surface area contributed by atoms with Gasteiger partial charge in [0.2, 0.25) is 0 Å². The first-order valence-electron chi connectivity index (χ1n) is 7.91. The highest BCUT2D eigenvalue weighted by Crippen LogP contribution is 2.35. The molecule has 0 saturated carbocycles. The molecule has 0 aliphatic carbocycles. The third-order valence-electron chi connectivity index (χ3n) is 4.45. The first-order chi connectivity index (χ1) is 11.8. The molecule has 2 aromatic heterocycles. The van der Waals surface area contributed by atoms with E-state index >= 15 is 0 Å². The third kappa shape index (κ3) is 2.51. The minimum Gasteiger partial charge on any atom is -0.497 e. The van der Waals surface area contributed by atoms with Crippen molar-refractivity contribution in [1.29, 1.82) is 0 Å². The molecule has 0 radical (unpaired) electrons. The van der Waals surface area contributed by atoms with E-state index in [-0.39, 0.29) is 11.9 Å². The van der Waals surface area contributed by atoms with Crippen LogP contribution in [-0.2, 0) is 6.54 Å². The number of ether oxygens (including phenoxy) is 1. The maximum atomic E-state index is 13.1. The second-order valence-electron chi connectivity index (χ2n) is 5.77. The van der Waals surface area contributed by atoms with Gasteiger partial charge in [0, 0.05) is 35.4 Å². The molecule has 1 atom stereocenters. The van der Waals surface area contributed by atoms with Gasteiger partial charge in [-0.25, -0.2) is 0 Å². The quantitative estimate of drug-likeness (QED) is 0.728. The van der Waals surface area contributed by atoms with Gasteiger partial charge in [-0.05, 0) is 47.8 Å². The van der Waals surface area contributed by atoms with E-state index in [0.29, 0.717) is 12.1 Å². The molecule has 24 heavy (non-hydrogen) atoms. The van der Waals surface area contributed by atoms with E-state index < -0.39 is 0 Å². The predicted octanol–water partition coefficient (Wildman–Crippen LogP) is 3.80. The smallest absolute Gasteiger partial charge is 0.254 e. The molecule has 5 heteroatoms.